The fourth-order valence-electron chi connectivity index (χ4n) is 2.74. The van der Waals surface area contributed by atoms with E-state index in [0.29, 0.717) is 0 Å². The number of para-hydroxylation sites is 1. The molecule has 0 bridgehead atoms. The Balaban J connectivity index is 2.02. The second kappa shape index (κ2) is 5.52. The Labute approximate surface area is 124 Å². The first-order chi connectivity index (χ1) is 10.2. The predicted octanol–water partition coefficient (Wildman–Crippen LogP) is 4.02. The summed E-state index contributed by atoms with van der Waals surface area (Å²) in [5.41, 5.74) is 3.72. The molecule has 3 nitrogen and oxygen atoms in total. The number of fused-ring (bicyclic) bond motifs is 1. The van der Waals surface area contributed by atoms with Crippen molar-refractivity contribution >= 4 is 10.9 Å². The minimum Gasteiger partial charge on any atom is -0.497 e. The SMILES string of the molecule is COc1cc(Cn2ccc3cccc(C)c32)cc(OC)c1. The van der Waals surface area contributed by atoms with Gasteiger partial charge in [0.05, 0.1) is 19.7 Å². The van der Waals surface area contributed by atoms with Crippen molar-refractivity contribution in [3.63, 3.8) is 0 Å². The molecule has 108 valence electrons. The normalized spacial score (nSPS) is 10.8. The summed E-state index contributed by atoms with van der Waals surface area (Å²) in [6, 6.07) is 14.5. The highest BCUT2D eigenvalue weighted by atomic mass is 16.5. The molecule has 3 aromatic rings. The molecule has 0 saturated heterocycles. The van der Waals surface area contributed by atoms with Gasteiger partial charge in [-0.05, 0) is 41.6 Å². The molecular formula is C18H19NO2. The zero-order chi connectivity index (χ0) is 14.8. The summed E-state index contributed by atoms with van der Waals surface area (Å²) in [5, 5.41) is 1.27. The molecule has 0 atom stereocenters. The number of aromatic nitrogens is 1. The van der Waals surface area contributed by atoms with Crippen LogP contribution in [0.15, 0.2) is 48.7 Å². The van der Waals surface area contributed by atoms with Crippen molar-refractivity contribution in [2.24, 2.45) is 0 Å². The van der Waals surface area contributed by atoms with Crippen molar-refractivity contribution in [1.82, 2.24) is 4.57 Å². The molecule has 2 aromatic carbocycles. The predicted molar refractivity (Wildman–Crippen MR) is 85.3 cm³/mol. The van der Waals surface area contributed by atoms with E-state index in [9.17, 15) is 0 Å². The minimum atomic E-state index is 0.794. The van der Waals surface area contributed by atoms with E-state index in [0.717, 1.165) is 23.6 Å². The van der Waals surface area contributed by atoms with E-state index in [1.807, 2.05) is 18.2 Å². The highest BCUT2D eigenvalue weighted by Gasteiger charge is 2.07. The summed E-state index contributed by atoms with van der Waals surface area (Å²) < 4.78 is 12.9. The van der Waals surface area contributed by atoms with Gasteiger partial charge in [0.15, 0.2) is 0 Å². The maximum Gasteiger partial charge on any atom is 0.122 e. The Morgan fingerprint density at radius 1 is 0.952 bits per heavy atom. The molecular weight excluding hydrogens is 262 g/mol. The molecule has 21 heavy (non-hydrogen) atoms. The minimum absolute atomic E-state index is 0.794. The van der Waals surface area contributed by atoms with Crippen LogP contribution < -0.4 is 9.47 Å². The molecule has 3 rings (SSSR count). The van der Waals surface area contributed by atoms with Crippen LogP contribution in [-0.2, 0) is 6.54 Å². The number of benzene rings is 2. The van der Waals surface area contributed by atoms with Gasteiger partial charge in [-0.25, -0.2) is 0 Å². The molecule has 0 radical (unpaired) electrons. The van der Waals surface area contributed by atoms with Crippen LogP contribution in [0.4, 0.5) is 0 Å². The van der Waals surface area contributed by atoms with E-state index >= 15 is 0 Å². The van der Waals surface area contributed by atoms with Crippen LogP contribution in [0.1, 0.15) is 11.1 Å². The maximum atomic E-state index is 5.34. The number of methoxy groups -OCH3 is 2. The van der Waals surface area contributed by atoms with Crippen molar-refractivity contribution in [2.45, 2.75) is 13.5 Å². The van der Waals surface area contributed by atoms with Crippen LogP contribution in [0.25, 0.3) is 10.9 Å². The average molecular weight is 281 g/mol. The lowest BCUT2D eigenvalue weighted by molar-refractivity contribution is 0.393. The molecule has 0 spiro atoms. The number of hydrogen-bond donors (Lipinski definition) is 0. The zero-order valence-corrected chi connectivity index (χ0v) is 12.6. The summed E-state index contributed by atoms with van der Waals surface area (Å²) in [4.78, 5) is 0. The van der Waals surface area contributed by atoms with Gasteiger partial charge in [0.1, 0.15) is 11.5 Å². The largest absolute Gasteiger partial charge is 0.497 e. The van der Waals surface area contributed by atoms with Gasteiger partial charge in [0, 0.05) is 18.8 Å². The van der Waals surface area contributed by atoms with Gasteiger partial charge in [0.2, 0.25) is 0 Å². The fraction of sp³-hybridized carbons (Fsp3) is 0.222. The third kappa shape index (κ3) is 2.59. The second-order valence-corrected chi connectivity index (χ2v) is 5.18. The van der Waals surface area contributed by atoms with Gasteiger partial charge >= 0.3 is 0 Å². The summed E-state index contributed by atoms with van der Waals surface area (Å²) >= 11 is 0. The number of nitrogens with zero attached hydrogens (tertiary/aromatic N) is 1. The van der Waals surface area contributed by atoms with Gasteiger partial charge in [-0.15, -0.1) is 0 Å². The van der Waals surface area contributed by atoms with Gasteiger partial charge < -0.3 is 14.0 Å². The van der Waals surface area contributed by atoms with Crippen LogP contribution in [0.3, 0.4) is 0 Å². The maximum absolute atomic E-state index is 5.34. The van der Waals surface area contributed by atoms with Gasteiger partial charge in [-0.3, -0.25) is 0 Å². The first-order valence-electron chi connectivity index (χ1n) is 6.97. The van der Waals surface area contributed by atoms with Crippen LogP contribution >= 0.6 is 0 Å². The number of rotatable bonds is 4. The van der Waals surface area contributed by atoms with E-state index in [4.69, 9.17) is 9.47 Å². The lowest BCUT2D eigenvalue weighted by Gasteiger charge is -2.11. The topological polar surface area (TPSA) is 23.4 Å². The van der Waals surface area contributed by atoms with Crippen molar-refractivity contribution < 1.29 is 9.47 Å². The molecule has 0 N–H and O–H groups in total. The molecule has 0 saturated carbocycles. The van der Waals surface area contributed by atoms with Crippen molar-refractivity contribution in [1.29, 1.82) is 0 Å². The molecule has 0 aliphatic rings. The monoisotopic (exact) mass is 281 g/mol. The zero-order valence-electron chi connectivity index (χ0n) is 12.6. The quantitative estimate of drug-likeness (QED) is 0.721. The third-order valence-corrected chi connectivity index (χ3v) is 3.75. The molecule has 3 heteroatoms. The Morgan fingerprint density at radius 2 is 1.67 bits per heavy atom. The van der Waals surface area contributed by atoms with Crippen LogP contribution in [0.2, 0.25) is 0 Å². The summed E-state index contributed by atoms with van der Waals surface area (Å²) in [6.45, 7) is 2.94. The lowest BCUT2D eigenvalue weighted by atomic mass is 10.1. The Kier molecular flexibility index (Phi) is 3.57. The van der Waals surface area contributed by atoms with Crippen molar-refractivity contribution in [3.8, 4) is 11.5 Å². The van der Waals surface area contributed by atoms with Crippen molar-refractivity contribution in [3.05, 3.63) is 59.8 Å². The Morgan fingerprint density at radius 3 is 2.33 bits per heavy atom. The highest BCUT2D eigenvalue weighted by Crippen LogP contribution is 2.25. The molecule has 1 aromatic heterocycles. The van der Waals surface area contributed by atoms with Crippen LogP contribution in [0.5, 0.6) is 11.5 Å². The van der Waals surface area contributed by atoms with E-state index in [2.05, 4.69) is 42.0 Å². The lowest BCUT2D eigenvalue weighted by Crippen LogP contribution is -2.00. The Bertz CT molecular complexity index is 752. The summed E-state index contributed by atoms with van der Waals surface area (Å²) in [7, 11) is 3.35. The first-order valence-corrected chi connectivity index (χ1v) is 6.97. The van der Waals surface area contributed by atoms with E-state index in [-0.39, 0.29) is 0 Å². The third-order valence-electron chi connectivity index (χ3n) is 3.75. The highest BCUT2D eigenvalue weighted by molar-refractivity contribution is 5.83. The number of aryl methyl sites for hydroxylation is 1. The Hall–Kier alpha value is -2.42. The molecule has 0 amide bonds. The number of ether oxygens (including phenoxy) is 2. The average Bonchev–Trinajstić information content (AvgIpc) is 2.91. The second-order valence-electron chi connectivity index (χ2n) is 5.18. The molecule has 0 aliphatic heterocycles. The smallest absolute Gasteiger partial charge is 0.122 e. The summed E-state index contributed by atoms with van der Waals surface area (Å²) in [6.07, 6.45) is 2.13. The van der Waals surface area contributed by atoms with Gasteiger partial charge in [-0.1, -0.05) is 18.2 Å². The standard InChI is InChI=1S/C18H19NO2/c1-13-5-4-6-15-7-8-19(18(13)15)12-14-9-16(20-2)11-17(10-14)21-3/h4-11H,12H2,1-3H3. The molecule has 0 unspecified atom stereocenters. The van der Waals surface area contributed by atoms with Gasteiger partial charge in [-0.2, -0.15) is 0 Å². The summed E-state index contributed by atoms with van der Waals surface area (Å²) in [5.74, 6) is 1.63. The fourth-order valence-corrected chi connectivity index (χ4v) is 2.74. The number of hydrogen-bond acceptors (Lipinski definition) is 2. The molecule has 1 heterocycles. The van der Waals surface area contributed by atoms with Gasteiger partial charge in [0.25, 0.3) is 0 Å². The molecule has 0 fully saturated rings. The molecule has 0 aliphatic carbocycles. The van der Waals surface area contributed by atoms with E-state index < -0.39 is 0 Å². The first kappa shape index (κ1) is 13.6. The van der Waals surface area contributed by atoms with E-state index in [1.54, 1.807) is 14.2 Å². The van der Waals surface area contributed by atoms with Crippen molar-refractivity contribution in [2.75, 3.05) is 14.2 Å². The van der Waals surface area contributed by atoms with Crippen LogP contribution in [-0.4, -0.2) is 18.8 Å². The van der Waals surface area contributed by atoms with Crippen LogP contribution in [0, 0.1) is 6.92 Å². The van der Waals surface area contributed by atoms with E-state index in [1.165, 1.54) is 16.5 Å².